The van der Waals surface area contributed by atoms with Gasteiger partial charge in [-0.05, 0) is 20.3 Å². The Balaban J connectivity index is 4.31. The SMILES string of the molecule is CC(C)=CCNC(=O)NC(CCS(C)(=O)=O)C(=O)O. The lowest BCUT2D eigenvalue weighted by molar-refractivity contribution is -0.139. The molecule has 0 aromatic carbocycles. The van der Waals surface area contributed by atoms with Gasteiger partial charge in [-0.3, -0.25) is 0 Å². The zero-order valence-corrected chi connectivity index (χ0v) is 12.1. The lowest BCUT2D eigenvalue weighted by atomic mass is 10.2. The summed E-state index contributed by atoms with van der Waals surface area (Å²) in [5.74, 6) is -1.56. The highest BCUT2D eigenvalue weighted by molar-refractivity contribution is 7.90. The lowest BCUT2D eigenvalue weighted by Crippen LogP contribution is -2.46. The van der Waals surface area contributed by atoms with E-state index in [1.54, 1.807) is 6.08 Å². The van der Waals surface area contributed by atoms with Crippen molar-refractivity contribution >= 4 is 21.8 Å². The molecule has 3 N–H and O–H groups in total. The normalized spacial score (nSPS) is 12.4. The summed E-state index contributed by atoms with van der Waals surface area (Å²) in [5, 5.41) is 13.6. The second kappa shape index (κ2) is 7.78. The molecule has 0 aliphatic rings. The summed E-state index contributed by atoms with van der Waals surface area (Å²) < 4.78 is 21.9. The topological polar surface area (TPSA) is 113 Å². The molecule has 2 amide bonds. The summed E-state index contributed by atoms with van der Waals surface area (Å²) in [7, 11) is -3.26. The minimum atomic E-state index is -3.26. The van der Waals surface area contributed by atoms with E-state index in [2.05, 4.69) is 10.6 Å². The van der Waals surface area contributed by atoms with Crippen molar-refractivity contribution in [1.82, 2.24) is 10.6 Å². The number of amides is 2. The molecule has 0 aromatic heterocycles. The van der Waals surface area contributed by atoms with E-state index in [1.807, 2.05) is 13.8 Å². The number of carboxylic acid groups (broad SMARTS) is 1. The van der Waals surface area contributed by atoms with Gasteiger partial charge in [-0.2, -0.15) is 0 Å². The van der Waals surface area contributed by atoms with Gasteiger partial charge in [0.05, 0.1) is 5.75 Å². The first-order valence-electron chi connectivity index (χ1n) is 5.70. The number of sulfone groups is 1. The fraction of sp³-hybridized carbons (Fsp3) is 0.636. The molecule has 0 fully saturated rings. The number of urea groups is 1. The first-order chi connectivity index (χ1) is 8.61. The van der Waals surface area contributed by atoms with Crippen LogP contribution < -0.4 is 10.6 Å². The maximum Gasteiger partial charge on any atom is 0.326 e. The van der Waals surface area contributed by atoms with E-state index in [0.717, 1.165) is 11.8 Å². The molecule has 0 saturated carbocycles. The minimum absolute atomic E-state index is 0.162. The Morgan fingerprint density at radius 3 is 2.32 bits per heavy atom. The third-order valence-corrected chi connectivity index (χ3v) is 3.13. The van der Waals surface area contributed by atoms with Crippen molar-refractivity contribution in [3.63, 3.8) is 0 Å². The van der Waals surface area contributed by atoms with Crippen LogP contribution in [0.3, 0.4) is 0 Å². The molecular formula is C11H20N2O5S. The van der Waals surface area contributed by atoms with Crippen LogP contribution in [0.25, 0.3) is 0 Å². The summed E-state index contributed by atoms with van der Waals surface area (Å²) in [6.45, 7) is 4.02. The summed E-state index contributed by atoms with van der Waals surface area (Å²) >= 11 is 0. The number of carbonyl (C=O) groups is 2. The number of aliphatic carboxylic acids is 1. The van der Waals surface area contributed by atoms with Gasteiger partial charge in [0.25, 0.3) is 0 Å². The summed E-state index contributed by atoms with van der Waals surface area (Å²) in [6, 6.07) is -1.86. The van der Waals surface area contributed by atoms with Crippen molar-refractivity contribution in [1.29, 1.82) is 0 Å². The molecule has 7 nitrogen and oxygen atoms in total. The molecule has 0 spiro atoms. The quantitative estimate of drug-likeness (QED) is 0.578. The standard InChI is InChI=1S/C11H20N2O5S/c1-8(2)4-6-12-11(16)13-9(10(14)15)5-7-19(3,17)18/h4,9H,5-7H2,1-3H3,(H,14,15)(H2,12,13,16). The molecule has 0 aliphatic carbocycles. The van der Waals surface area contributed by atoms with Crippen LogP contribution in [0.1, 0.15) is 20.3 Å². The van der Waals surface area contributed by atoms with Crippen LogP contribution in [0.5, 0.6) is 0 Å². The van der Waals surface area contributed by atoms with Crippen LogP contribution in [0.15, 0.2) is 11.6 Å². The van der Waals surface area contributed by atoms with E-state index in [0.29, 0.717) is 0 Å². The van der Waals surface area contributed by atoms with Gasteiger partial charge in [0, 0.05) is 12.8 Å². The van der Waals surface area contributed by atoms with Crippen LogP contribution in [-0.2, 0) is 14.6 Å². The lowest BCUT2D eigenvalue weighted by Gasteiger charge is -2.14. The van der Waals surface area contributed by atoms with Crippen LogP contribution >= 0.6 is 0 Å². The Hall–Kier alpha value is -1.57. The number of hydrogen-bond acceptors (Lipinski definition) is 4. The smallest absolute Gasteiger partial charge is 0.326 e. The zero-order chi connectivity index (χ0) is 15.1. The Labute approximate surface area is 113 Å². The molecule has 8 heteroatoms. The molecule has 1 unspecified atom stereocenters. The van der Waals surface area contributed by atoms with Crippen molar-refractivity contribution < 1.29 is 23.1 Å². The maximum atomic E-state index is 11.4. The summed E-state index contributed by atoms with van der Waals surface area (Å²) in [5.41, 5.74) is 1.02. The molecular weight excluding hydrogens is 272 g/mol. The van der Waals surface area contributed by atoms with Gasteiger partial charge in [0.15, 0.2) is 0 Å². The second-order valence-electron chi connectivity index (χ2n) is 4.45. The Morgan fingerprint density at radius 2 is 1.89 bits per heavy atom. The summed E-state index contributed by atoms with van der Waals surface area (Å²) in [4.78, 5) is 22.3. The average Bonchev–Trinajstić information content (AvgIpc) is 2.21. The number of carboxylic acids is 1. The van der Waals surface area contributed by atoms with Crippen LogP contribution in [-0.4, -0.2) is 50.1 Å². The Morgan fingerprint density at radius 1 is 1.32 bits per heavy atom. The third kappa shape index (κ3) is 10.1. The van der Waals surface area contributed by atoms with E-state index in [1.165, 1.54) is 0 Å². The highest BCUT2D eigenvalue weighted by Gasteiger charge is 2.21. The van der Waals surface area contributed by atoms with Crippen molar-refractivity contribution in [2.24, 2.45) is 0 Å². The van der Waals surface area contributed by atoms with Crippen molar-refractivity contribution in [2.75, 3.05) is 18.6 Å². The van der Waals surface area contributed by atoms with Crippen molar-refractivity contribution in [3.05, 3.63) is 11.6 Å². The molecule has 0 aromatic rings. The largest absolute Gasteiger partial charge is 0.480 e. The van der Waals surface area contributed by atoms with Gasteiger partial charge in [0.1, 0.15) is 15.9 Å². The average molecular weight is 292 g/mol. The van der Waals surface area contributed by atoms with E-state index in [9.17, 15) is 18.0 Å². The fourth-order valence-electron chi connectivity index (χ4n) is 1.15. The maximum absolute atomic E-state index is 11.4. The molecule has 1 atom stereocenters. The van der Waals surface area contributed by atoms with E-state index >= 15 is 0 Å². The number of hydrogen-bond donors (Lipinski definition) is 3. The number of rotatable bonds is 7. The van der Waals surface area contributed by atoms with Gasteiger partial charge in [-0.15, -0.1) is 0 Å². The molecule has 0 heterocycles. The van der Waals surface area contributed by atoms with Gasteiger partial charge in [-0.1, -0.05) is 11.6 Å². The zero-order valence-electron chi connectivity index (χ0n) is 11.3. The first-order valence-corrected chi connectivity index (χ1v) is 7.76. The predicted molar refractivity (Wildman–Crippen MR) is 71.7 cm³/mol. The second-order valence-corrected chi connectivity index (χ2v) is 6.70. The molecule has 110 valence electrons. The molecule has 0 bridgehead atoms. The molecule has 19 heavy (non-hydrogen) atoms. The van der Waals surface area contributed by atoms with Gasteiger partial charge in [0.2, 0.25) is 0 Å². The summed E-state index contributed by atoms with van der Waals surface area (Å²) in [6.07, 6.45) is 2.62. The molecule has 0 radical (unpaired) electrons. The number of carbonyl (C=O) groups excluding carboxylic acids is 1. The van der Waals surface area contributed by atoms with E-state index < -0.39 is 27.9 Å². The highest BCUT2D eigenvalue weighted by Crippen LogP contribution is 1.97. The molecule has 0 aliphatic heterocycles. The Bertz CT molecular complexity index is 452. The molecule has 0 rings (SSSR count). The van der Waals surface area contributed by atoms with Crippen LogP contribution in [0.4, 0.5) is 4.79 Å². The fourth-order valence-corrected chi connectivity index (χ4v) is 1.81. The van der Waals surface area contributed by atoms with Crippen LogP contribution in [0.2, 0.25) is 0 Å². The van der Waals surface area contributed by atoms with Crippen molar-refractivity contribution in [3.8, 4) is 0 Å². The molecule has 0 saturated heterocycles. The van der Waals surface area contributed by atoms with E-state index in [-0.39, 0.29) is 18.7 Å². The van der Waals surface area contributed by atoms with Crippen LogP contribution in [0, 0.1) is 0 Å². The van der Waals surface area contributed by atoms with Crippen molar-refractivity contribution in [2.45, 2.75) is 26.3 Å². The van der Waals surface area contributed by atoms with E-state index in [4.69, 9.17) is 5.11 Å². The highest BCUT2D eigenvalue weighted by atomic mass is 32.2. The third-order valence-electron chi connectivity index (χ3n) is 2.15. The minimum Gasteiger partial charge on any atom is -0.480 e. The predicted octanol–water partition coefficient (Wildman–Crippen LogP) is 0.140. The first kappa shape index (κ1) is 17.4. The monoisotopic (exact) mass is 292 g/mol. The number of nitrogens with one attached hydrogen (secondary N) is 2. The van der Waals surface area contributed by atoms with Gasteiger partial charge < -0.3 is 15.7 Å². The Kier molecular flexibility index (Phi) is 7.13. The number of allylic oxidation sites excluding steroid dienone is 1. The van der Waals surface area contributed by atoms with Gasteiger partial charge >= 0.3 is 12.0 Å². The van der Waals surface area contributed by atoms with Gasteiger partial charge in [-0.25, -0.2) is 18.0 Å².